The number of rotatable bonds is 8. The van der Waals surface area contributed by atoms with Gasteiger partial charge in [-0.1, -0.05) is 5.10 Å². The molecule has 1 fully saturated rings. The number of methoxy groups -OCH3 is 1. The minimum Gasteiger partial charge on any atom is -0.407 e. The second-order valence-electron chi connectivity index (χ2n) is 4.63. The van der Waals surface area contributed by atoms with Gasteiger partial charge in [0.25, 0.3) is 0 Å². The van der Waals surface area contributed by atoms with Crippen molar-refractivity contribution in [2.24, 2.45) is 5.41 Å². The van der Waals surface area contributed by atoms with Crippen molar-refractivity contribution in [3.8, 4) is 0 Å². The number of aromatic nitrogens is 2. The van der Waals surface area contributed by atoms with Gasteiger partial charge in [0.1, 0.15) is 0 Å². The van der Waals surface area contributed by atoms with Gasteiger partial charge in [0.15, 0.2) is 0 Å². The highest BCUT2D eigenvalue weighted by atomic mass is 16.5. The Bertz CT molecular complexity index is 349. The van der Waals surface area contributed by atoms with Gasteiger partial charge in [-0.2, -0.15) is 0 Å². The molecule has 0 spiro atoms. The maximum Gasteiger partial charge on any atom is 0.315 e. The summed E-state index contributed by atoms with van der Waals surface area (Å²) in [4.78, 5) is 0. The SMILES string of the molecule is CNCc1nnc(NCC2(CCOC)CC2)o1. The Morgan fingerprint density at radius 1 is 1.41 bits per heavy atom. The van der Waals surface area contributed by atoms with E-state index in [1.807, 2.05) is 7.05 Å². The second-order valence-corrected chi connectivity index (χ2v) is 4.63. The normalized spacial score (nSPS) is 17.1. The average Bonchev–Trinajstić information content (AvgIpc) is 2.97. The average molecular weight is 240 g/mol. The quantitative estimate of drug-likeness (QED) is 0.707. The molecule has 1 aliphatic carbocycles. The summed E-state index contributed by atoms with van der Waals surface area (Å²) in [6.07, 6.45) is 3.59. The molecule has 1 aliphatic rings. The first-order valence-electron chi connectivity index (χ1n) is 5.98. The summed E-state index contributed by atoms with van der Waals surface area (Å²) in [7, 11) is 3.59. The van der Waals surface area contributed by atoms with E-state index in [1.54, 1.807) is 7.11 Å². The lowest BCUT2D eigenvalue weighted by atomic mass is 10.0. The first-order valence-corrected chi connectivity index (χ1v) is 5.98. The lowest BCUT2D eigenvalue weighted by Crippen LogP contribution is -2.17. The van der Waals surface area contributed by atoms with Gasteiger partial charge in [-0.15, -0.1) is 5.10 Å². The van der Waals surface area contributed by atoms with Crippen molar-refractivity contribution in [1.82, 2.24) is 15.5 Å². The van der Waals surface area contributed by atoms with Crippen molar-refractivity contribution in [3.05, 3.63) is 5.89 Å². The van der Waals surface area contributed by atoms with E-state index in [9.17, 15) is 0 Å². The third-order valence-corrected chi connectivity index (χ3v) is 3.20. The van der Waals surface area contributed by atoms with Crippen molar-refractivity contribution < 1.29 is 9.15 Å². The molecule has 96 valence electrons. The van der Waals surface area contributed by atoms with Crippen LogP contribution in [0.4, 0.5) is 6.01 Å². The number of hydrogen-bond donors (Lipinski definition) is 2. The van der Waals surface area contributed by atoms with Gasteiger partial charge in [0.05, 0.1) is 6.54 Å². The highest BCUT2D eigenvalue weighted by molar-refractivity contribution is 5.19. The Kier molecular flexibility index (Phi) is 3.96. The predicted octanol–water partition coefficient (Wildman–Crippen LogP) is 1.02. The molecule has 0 aliphatic heterocycles. The highest BCUT2D eigenvalue weighted by Crippen LogP contribution is 2.48. The molecule has 0 saturated heterocycles. The van der Waals surface area contributed by atoms with E-state index in [0.717, 1.165) is 19.6 Å². The van der Waals surface area contributed by atoms with Gasteiger partial charge < -0.3 is 19.8 Å². The van der Waals surface area contributed by atoms with E-state index in [2.05, 4.69) is 20.8 Å². The maximum absolute atomic E-state index is 5.42. The second kappa shape index (κ2) is 5.46. The Balaban J connectivity index is 1.77. The van der Waals surface area contributed by atoms with Crippen molar-refractivity contribution in [3.63, 3.8) is 0 Å². The zero-order chi connectivity index (χ0) is 12.1. The van der Waals surface area contributed by atoms with Crippen LogP contribution in [0.3, 0.4) is 0 Å². The first kappa shape index (κ1) is 12.3. The number of nitrogens with one attached hydrogen (secondary N) is 2. The molecule has 0 atom stereocenters. The van der Waals surface area contributed by atoms with Gasteiger partial charge in [-0.25, -0.2) is 0 Å². The summed E-state index contributed by atoms with van der Waals surface area (Å²) in [5.74, 6) is 0.608. The molecule has 1 heterocycles. The number of anilines is 1. The molecule has 1 aromatic heterocycles. The molecular weight excluding hydrogens is 220 g/mol. The summed E-state index contributed by atoms with van der Waals surface area (Å²) in [5.41, 5.74) is 0.383. The maximum atomic E-state index is 5.42. The summed E-state index contributed by atoms with van der Waals surface area (Å²) in [5, 5.41) is 14.1. The summed E-state index contributed by atoms with van der Waals surface area (Å²) in [6.45, 7) is 2.30. The van der Waals surface area contributed by atoms with Gasteiger partial charge in [0, 0.05) is 20.3 Å². The molecule has 0 bridgehead atoms. The van der Waals surface area contributed by atoms with Crippen LogP contribution >= 0.6 is 0 Å². The van der Waals surface area contributed by atoms with Crippen LogP contribution in [0.5, 0.6) is 0 Å². The summed E-state index contributed by atoms with van der Waals surface area (Å²) >= 11 is 0. The predicted molar refractivity (Wildman–Crippen MR) is 63.7 cm³/mol. The monoisotopic (exact) mass is 240 g/mol. The third-order valence-electron chi connectivity index (χ3n) is 3.20. The van der Waals surface area contributed by atoms with Gasteiger partial charge in [-0.3, -0.25) is 0 Å². The summed E-state index contributed by atoms with van der Waals surface area (Å²) in [6, 6.07) is 0.513. The largest absolute Gasteiger partial charge is 0.407 e. The van der Waals surface area contributed by atoms with Crippen LogP contribution in [-0.4, -0.2) is 37.5 Å². The van der Waals surface area contributed by atoms with Crippen molar-refractivity contribution >= 4 is 6.01 Å². The van der Waals surface area contributed by atoms with Crippen LogP contribution in [0.1, 0.15) is 25.2 Å². The molecule has 0 radical (unpaired) electrons. The fourth-order valence-electron chi connectivity index (χ4n) is 1.82. The molecule has 2 rings (SSSR count). The molecule has 1 aromatic rings. The lowest BCUT2D eigenvalue weighted by molar-refractivity contribution is 0.174. The molecule has 17 heavy (non-hydrogen) atoms. The standard InChI is InChI=1S/C11H20N4O2/c1-12-7-9-14-15-10(17-9)13-8-11(3-4-11)5-6-16-2/h12H,3-8H2,1-2H3,(H,13,15). The van der Waals surface area contributed by atoms with Crippen molar-refractivity contribution in [2.75, 3.05) is 32.6 Å². The Morgan fingerprint density at radius 2 is 2.24 bits per heavy atom. The van der Waals surface area contributed by atoms with Crippen LogP contribution in [0.25, 0.3) is 0 Å². The van der Waals surface area contributed by atoms with E-state index in [0.29, 0.717) is 23.9 Å². The van der Waals surface area contributed by atoms with Crippen molar-refractivity contribution in [1.29, 1.82) is 0 Å². The lowest BCUT2D eigenvalue weighted by Gasteiger charge is -2.13. The van der Waals surface area contributed by atoms with Crippen molar-refractivity contribution in [2.45, 2.75) is 25.8 Å². The van der Waals surface area contributed by atoms with E-state index in [1.165, 1.54) is 12.8 Å². The number of nitrogens with zero attached hydrogens (tertiary/aromatic N) is 2. The van der Waals surface area contributed by atoms with E-state index in [4.69, 9.17) is 9.15 Å². The van der Waals surface area contributed by atoms with E-state index in [-0.39, 0.29) is 0 Å². The zero-order valence-corrected chi connectivity index (χ0v) is 10.5. The van der Waals surface area contributed by atoms with Crippen LogP contribution in [0.15, 0.2) is 4.42 Å². The molecular formula is C11H20N4O2. The Labute approximate surface area is 101 Å². The third kappa shape index (κ3) is 3.41. The number of hydrogen-bond acceptors (Lipinski definition) is 6. The van der Waals surface area contributed by atoms with Crippen LogP contribution in [0.2, 0.25) is 0 Å². The molecule has 0 amide bonds. The van der Waals surface area contributed by atoms with Crippen LogP contribution < -0.4 is 10.6 Å². The van der Waals surface area contributed by atoms with E-state index >= 15 is 0 Å². The molecule has 6 heteroatoms. The number of ether oxygens (including phenoxy) is 1. The minimum absolute atomic E-state index is 0.383. The minimum atomic E-state index is 0.383. The fourth-order valence-corrected chi connectivity index (χ4v) is 1.82. The summed E-state index contributed by atoms with van der Waals surface area (Å²) < 4.78 is 10.5. The topological polar surface area (TPSA) is 72.2 Å². The van der Waals surface area contributed by atoms with Gasteiger partial charge in [-0.05, 0) is 31.7 Å². The molecule has 2 N–H and O–H groups in total. The van der Waals surface area contributed by atoms with Gasteiger partial charge >= 0.3 is 6.01 Å². The molecule has 0 unspecified atom stereocenters. The fraction of sp³-hybridized carbons (Fsp3) is 0.818. The van der Waals surface area contributed by atoms with E-state index < -0.39 is 0 Å². The van der Waals surface area contributed by atoms with Crippen LogP contribution in [-0.2, 0) is 11.3 Å². The Morgan fingerprint density at radius 3 is 2.88 bits per heavy atom. The molecule has 0 aromatic carbocycles. The Hall–Kier alpha value is -1.14. The van der Waals surface area contributed by atoms with Gasteiger partial charge in [0.2, 0.25) is 5.89 Å². The smallest absolute Gasteiger partial charge is 0.315 e. The van der Waals surface area contributed by atoms with Crippen LogP contribution in [0, 0.1) is 5.41 Å². The molecule has 1 saturated carbocycles. The molecule has 6 nitrogen and oxygen atoms in total. The zero-order valence-electron chi connectivity index (χ0n) is 10.5. The highest BCUT2D eigenvalue weighted by Gasteiger charge is 2.42. The first-order chi connectivity index (χ1) is 8.28.